The number of hydrogen-bond acceptors (Lipinski definition) is 4. The van der Waals surface area contributed by atoms with E-state index in [9.17, 15) is 9.90 Å². The first-order valence-electron chi connectivity index (χ1n) is 9.41. The molecule has 2 N–H and O–H groups in total. The quantitative estimate of drug-likeness (QED) is 0.537. The fourth-order valence-electron chi connectivity index (χ4n) is 2.77. The SMILES string of the molecule is CCOc1cc(CNC(C(=O)O)C(C)C)c(Br)cc1OCc1ccc(C)cc1. The van der Waals surface area contributed by atoms with Crippen molar-refractivity contribution in [1.29, 1.82) is 0 Å². The lowest BCUT2D eigenvalue weighted by Crippen LogP contribution is -2.40. The fourth-order valence-corrected chi connectivity index (χ4v) is 3.23. The van der Waals surface area contributed by atoms with Crippen molar-refractivity contribution in [3.63, 3.8) is 0 Å². The minimum absolute atomic E-state index is 0.0141. The molecule has 0 aliphatic rings. The van der Waals surface area contributed by atoms with E-state index >= 15 is 0 Å². The molecular formula is C22H28BrNO4. The van der Waals surface area contributed by atoms with Gasteiger partial charge in [0.15, 0.2) is 11.5 Å². The van der Waals surface area contributed by atoms with E-state index in [-0.39, 0.29) is 5.92 Å². The van der Waals surface area contributed by atoms with Gasteiger partial charge in [0, 0.05) is 11.0 Å². The summed E-state index contributed by atoms with van der Waals surface area (Å²) in [5.41, 5.74) is 3.20. The lowest BCUT2D eigenvalue weighted by atomic mass is 10.0. The highest BCUT2D eigenvalue weighted by atomic mass is 79.9. The van der Waals surface area contributed by atoms with Gasteiger partial charge in [-0.15, -0.1) is 0 Å². The highest BCUT2D eigenvalue weighted by Gasteiger charge is 2.21. The van der Waals surface area contributed by atoms with Crippen LogP contribution >= 0.6 is 15.9 Å². The number of rotatable bonds is 10. The third kappa shape index (κ3) is 6.24. The van der Waals surface area contributed by atoms with Crippen LogP contribution in [0.3, 0.4) is 0 Å². The zero-order valence-electron chi connectivity index (χ0n) is 16.8. The number of ether oxygens (including phenoxy) is 2. The zero-order valence-corrected chi connectivity index (χ0v) is 18.4. The Hall–Kier alpha value is -2.05. The van der Waals surface area contributed by atoms with E-state index < -0.39 is 12.0 Å². The molecule has 0 saturated heterocycles. The molecule has 0 bridgehead atoms. The second-order valence-corrected chi connectivity index (χ2v) is 7.89. The average molecular weight is 450 g/mol. The van der Waals surface area contributed by atoms with Crippen LogP contribution in [0.15, 0.2) is 40.9 Å². The summed E-state index contributed by atoms with van der Waals surface area (Å²) in [7, 11) is 0. The van der Waals surface area contributed by atoms with E-state index in [1.807, 2.05) is 45.0 Å². The van der Waals surface area contributed by atoms with Crippen molar-refractivity contribution >= 4 is 21.9 Å². The Bertz CT molecular complexity index is 790. The van der Waals surface area contributed by atoms with Gasteiger partial charge in [-0.2, -0.15) is 0 Å². The molecule has 0 fully saturated rings. The number of benzene rings is 2. The summed E-state index contributed by atoms with van der Waals surface area (Å²) in [6, 6.07) is 11.4. The highest BCUT2D eigenvalue weighted by Crippen LogP contribution is 2.34. The standard InChI is InChI=1S/C22H28BrNO4/c1-5-27-19-10-17(12-24-21(14(2)3)22(25)26)18(23)11-20(19)28-13-16-8-6-15(4)7-9-16/h6-11,14,21,24H,5,12-13H2,1-4H3,(H,25,26). The van der Waals surface area contributed by atoms with Crippen LogP contribution in [-0.2, 0) is 17.9 Å². The van der Waals surface area contributed by atoms with E-state index in [2.05, 4.69) is 40.3 Å². The van der Waals surface area contributed by atoms with Crippen molar-refractivity contribution in [3.8, 4) is 11.5 Å². The van der Waals surface area contributed by atoms with E-state index in [0.29, 0.717) is 31.3 Å². The van der Waals surface area contributed by atoms with Crippen LogP contribution in [0.5, 0.6) is 11.5 Å². The predicted octanol–water partition coefficient (Wildman–Crippen LogP) is 4.93. The largest absolute Gasteiger partial charge is 0.490 e. The maximum atomic E-state index is 11.4. The van der Waals surface area contributed by atoms with Gasteiger partial charge in [0.05, 0.1) is 6.61 Å². The van der Waals surface area contributed by atoms with Gasteiger partial charge in [0.1, 0.15) is 12.6 Å². The van der Waals surface area contributed by atoms with Gasteiger partial charge >= 0.3 is 5.97 Å². The molecule has 6 heteroatoms. The molecule has 0 aromatic heterocycles. The topological polar surface area (TPSA) is 67.8 Å². The van der Waals surface area contributed by atoms with E-state index in [0.717, 1.165) is 15.6 Å². The molecule has 0 amide bonds. The van der Waals surface area contributed by atoms with Gasteiger partial charge in [-0.05, 0) is 43.0 Å². The Morgan fingerprint density at radius 3 is 2.36 bits per heavy atom. The number of nitrogens with one attached hydrogen (secondary N) is 1. The van der Waals surface area contributed by atoms with Crippen LogP contribution in [0.4, 0.5) is 0 Å². The van der Waals surface area contributed by atoms with Crippen LogP contribution < -0.4 is 14.8 Å². The summed E-state index contributed by atoms with van der Waals surface area (Å²) < 4.78 is 12.6. The van der Waals surface area contributed by atoms with E-state index in [1.54, 1.807) is 0 Å². The Morgan fingerprint density at radius 2 is 1.79 bits per heavy atom. The Balaban J connectivity index is 2.15. The molecule has 0 aliphatic heterocycles. The normalized spacial score (nSPS) is 12.1. The van der Waals surface area contributed by atoms with Crippen molar-refractivity contribution < 1.29 is 19.4 Å². The van der Waals surface area contributed by atoms with Gasteiger partial charge in [0.2, 0.25) is 0 Å². The van der Waals surface area contributed by atoms with Gasteiger partial charge in [-0.3, -0.25) is 4.79 Å². The first-order valence-corrected chi connectivity index (χ1v) is 10.2. The monoisotopic (exact) mass is 449 g/mol. The Kier molecular flexibility index (Phi) is 8.33. The molecule has 0 spiro atoms. The van der Waals surface area contributed by atoms with Crippen LogP contribution in [0.25, 0.3) is 0 Å². The molecule has 0 heterocycles. The molecule has 2 aromatic carbocycles. The maximum Gasteiger partial charge on any atom is 0.320 e. The summed E-state index contributed by atoms with van der Waals surface area (Å²) in [5.74, 6) is 0.427. The molecule has 152 valence electrons. The minimum Gasteiger partial charge on any atom is -0.490 e. The first-order chi connectivity index (χ1) is 13.3. The molecule has 1 atom stereocenters. The molecule has 5 nitrogen and oxygen atoms in total. The minimum atomic E-state index is -0.853. The number of halogens is 1. The van der Waals surface area contributed by atoms with Crippen molar-refractivity contribution in [3.05, 3.63) is 57.6 Å². The summed E-state index contributed by atoms with van der Waals surface area (Å²) in [6.07, 6.45) is 0. The first kappa shape index (κ1) is 22.2. The van der Waals surface area contributed by atoms with E-state index in [1.165, 1.54) is 5.56 Å². The van der Waals surface area contributed by atoms with Gasteiger partial charge in [-0.25, -0.2) is 0 Å². The van der Waals surface area contributed by atoms with Gasteiger partial charge < -0.3 is 19.9 Å². The van der Waals surface area contributed by atoms with E-state index in [4.69, 9.17) is 9.47 Å². The van der Waals surface area contributed by atoms with Crippen LogP contribution in [0.2, 0.25) is 0 Å². The number of hydrogen-bond donors (Lipinski definition) is 2. The maximum absolute atomic E-state index is 11.4. The molecule has 28 heavy (non-hydrogen) atoms. The van der Waals surface area contributed by atoms with Crippen LogP contribution in [-0.4, -0.2) is 23.7 Å². The van der Waals surface area contributed by atoms with Crippen molar-refractivity contribution in [2.45, 2.75) is 46.9 Å². The number of carboxylic acid groups (broad SMARTS) is 1. The molecule has 2 aromatic rings. The smallest absolute Gasteiger partial charge is 0.320 e. The van der Waals surface area contributed by atoms with Crippen molar-refractivity contribution in [2.24, 2.45) is 5.92 Å². The Labute approximate surface area is 175 Å². The molecule has 0 saturated carbocycles. The third-order valence-electron chi connectivity index (χ3n) is 4.37. The highest BCUT2D eigenvalue weighted by molar-refractivity contribution is 9.10. The lowest BCUT2D eigenvalue weighted by molar-refractivity contribution is -0.140. The average Bonchev–Trinajstić information content (AvgIpc) is 2.63. The van der Waals surface area contributed by atoms with Crippen molar-refractivity contribution in [1.82, 2.24) is 5.32 Å². The van der Waals surface area contributed by atoms with Crippen LogP contribution in [0, 0.1) is 12.8 Å². The Morgan fingerprint density at radius 1 is 1.14 bits per heavy atom. The van der Waals surface area contributed by atoms with Gasteiger partial charge in [-0.1, -0.05) is 59.6 Å². The molecule has 1 unspecified atom stereocenters. The second kappa shape index (κ2) is 10.5. The van der Waals surface area contributed by atoms with Crippen molar-refractivity contribution in [2.75, 3.05) is 6.61 Å². The number of carbonyl (C=O) groups is 1. The summed E-state index contributed by atoms with van der Waals surface area (Å²) in [5, 5.41) is 12.5. The lowest BCUT2D eigenvalue weighted by Gasteiger charge is -2.20. The molecule has 2 rings (SSSR count). The summed E-state index contributed by atoms with van der Waals surface area (Å²) >= 11 is 3.57. The fraction of sp³-hybridized carbons (Fsp3) is 0.409. The molecule has 0 aliphatic carbocycles. The number of carboxylic acids is 1. The third-order valence-corrected chi connectivity index (χ3v) is 5.11. The van der Waals surface area contributed by atoms with Crippen LogP contribution in [0.1, 0.15) is 37.5 Å². The summed E-state index contributed by atoms with van der Waals surface area (Å²) in [4.78, 5) is 11.4. The summed E-state index contributed by atoms with van der Waals surface area (Å²) in [6.45, 7) is 9.10. The number of aryl methyl sites for hydroxylation is 1. The number of aliphatic carboxylic acids is 1. The van der Waals surface area contributed by atoms with Gasteiger partial charge in [0.25, 0.3) is 0 Å². The molecular weight excluding hydrogens is 422 g/mol. The predicted molar refractivity (Wildman–Crippen MR) is 114 cm³/mol. The molecule has 0 radical (unpaired) electrons. The zero-order chi connectivity index (χ0) is 20.7. The second-order valence-electron chi connectivity index (χ2n) is 7.04.